The topological polar surface area (TPSA) is 64.1 Å². The fraction of sp³-hybridized carbons (Fsp3) is 0.857. The van der Waals surface area contributed by atoms with Crippen LogP contribution < -0.4 is 0 Å². The zero-order chi connectivity index (χ0) is 14.9. The van der Waals surface area contributed by atoms with Crippen LogP contribution in [0.4, 0.5) is 4.79 Å². The molecule has 2 aliphatic rings. The van der Waals surface area contributed by atoms with Crippen LogP contribution in [-0.2, 0) is 4.79 Å². The van der Waals surface area contributed by atoms with Gasteiger partial charge in [-0.2, -0.15) is 0 Å². The number of carbonyl (C=O) groups is 2. The molecule has 0 aromatic carbocycles. The minimum Gasteiger partial charge on any atom is -0.480 e. The first-order valence-electron chi connectivity index (χ1n) is 7.42. The predicted octanol–water partition coefficient (Wildman–Crippen LogP) is 1.07. The summed E-state index contributed by atoms with van der Waals surface area (Å²) in [6, 6.07) is -0.380. The Kier molecular flexibility index (Phi) is 4.52. The molecule has 3 atom stereocenters. The number of carboxylic acid groups (broad SMARTS) is 1. The second-order valence-corrected chi connectivity index (χ2v) is 6.05. The highest BCUT2D eigenvalue weighted by atomic mass is 16.4. The molecule has 2 rings (SSSR count). The van der Waals surface area contributed by atoms with Crippen molar-refractivity contribution in [1.82, 2.24) is 14.7 Å². The number of hydrogen-bond acceptors (Lipinski definition) is 3. The van der Waals surface area contributed by atoms with Crippen molar-refractivity contribution in [3.8, 4) is 0 Å². The third-order valence-electron chi connectivity index (χ3n) is 4.67. The Morgan fingerprint density at radius 2 is 2.00 bits per heavy atom. The van der Waals surface area contributed by atoms with Gasteiger partial charge in [0.2, 0.25) is 0 Å². The first-order valence-corrected chi connectivity index (χ1v) is 7.42. The van der Waals surface area contributed by atoms with Crippen LogP contribution in [-0.4, -0.2) is 76.6 Å². The van der Waals surface area contributed by atoms with E-state index >= 15 is 0 Å². The number of hydrogen-bond donors (Lipinski definition) is 1. The van der Waals surface area contributed by atoms with Gasteiger partial charge in [-0.3, -0.25) is 4.90 Å². The quantitative estimate of drug-likeness (QED) is 0.823. The Bertz CT molecular complexity index is 388. The molecule has 1 N–H and O–H groups in total. The van der Waals surface area contributed by atoms with Crippen molar-refractivity contribution < 1.29 is 14.7 Å². The number of urea groups is 1. The van der Waals surface area contributed by atoms with Gasteiger partial charge in [0, 0.05) is 32.2 Å². The van der Waals surface area contributed by atoms with Crippen molar-refractivity contribution in [3.63, 3.8) is 0 Å². The molecule has 0 spiro atoms. The number of fused-ring (bicyclic) bond motifs is 1. The van der Waals surface area contributed by atoms with E-state index in [1.54, 1.807) is 14.0 Å². The van der Waals surface area contributed by atoms with Gasteiger partial charge < -0.3 is 14.9 Å². The van der Waals surface area contributed by atoms with Crippen molar-refractivity contribution >= 4 is 12.0 Å². The normalized spacial score (nSPS) is 28.6. The number of aliphatic carboxylic acids is 1. The predicted molar refractivity (Wildman–Crippen MR) is 75.6 cm³/mol. The lowest BCUT2D eigenvalue weighted by molar-refractivity contribution is -0.141. The molecule has 2 heterocycles. The van der Waals surface area contributed by atoms with Gasteiger partial charge in [0.15, 0.2) is 0 Å². The zero-order valence-electron chi connectivity index (χ0n) is 12.6. The lowest BCUT2D eigenvalue weighted by atomic mass is 9.97. The molecule has 0 saturated carbocycles. The Morgan fingerprint density at radius 1 is 1.30 bits per heavy atom. The van der Waals surface area contributed by atoms with E-state index < -0.39 is 12.0 Å². The second-order valence-electron chi connectivity index (χ2n) is 6.05. The van der Waals surface area contributed by atoms with Gasteiger partial charge >= 0.3 is 12.0 Å². The maximum absolute atomic E-state index is 12.5. The lowest BCUT2D eigenvalue weighted by Crippen LogP contribution is -2.62. The summed E-state index contributed by atoms with van der Waals surface area (Å²) in [6.45, 7) is 6.32. The first-order chi connectivity index (χ1) is 9.41. The van der Waals surface area contributed by atoms with Crippen LogP contribution in [0.15, 0.2) is 0 Å². The molecule has 2 amide bonds. The summed E-state index contributed by atoms with van der Waals surface area (Å²) in [5.74, 6) is -0.968. The fourth-order valence-corrected chi connectivity index (χ4v) is 3.15. The maximum Gasteiger partial charge on any atom is 0.326 e. The van der Waals surface area contributed by atoms with Gasteiger partial charge in [-0.1, -0.05) is 6.42 Å². The summed E-state index contributed by atoms with van der Waals surface area (Å²) in [7, 11) is 1.57. The van der Waals surface area contributed by atoms with E-state index in [9.17, 15) is 9.59 Å². The monoisotopic (exact) mass is 283 g/mol. The number of carboxylic acids is 1. The van der Waals surface area contributed by atoms with Gasteiger partial charge in [-0.05, 0) is 33.2 Å². The molecule has 20 heavy (non-hydrogen) atoms. The van der Waals surface area contributed by atoms with E-state index in [-0.39, 0.29) is 12.1 Å². The largest absolute Gasteiger partial charge is 0.480 e. The molecular formula is C14H25N3O3. The van der Waals surface area contributed by atoms with Crippen molar-refractivity contribution in [2.75, 3.05) is 26.7 Å². The maximum atomic E-state index is 12.5. The minimum absolute atomic E-state index is 0.139. The number of piperazine rings is 1. The van der Waals surface area contributed by atoms with Crippen LogP contribution in [0.5, 0.6) is 0 Å². The lowest BCUT2D eigenvalue weighted by Gasteiger charge is -2.48. The third-order valence-corrected chi connectivity index (χ3v) is 4.67. The van der Waals surface area contributed by atoms with Gasteiger partial charge in [0.25, 0.3) is 0 Å². The molecule has 0 aromatic heterocycles. The third kappa shape index (κ3) is 2.90. The van der Waals surface area contributed by atoms with Crippen molar-refractivity contribution in [2.45, 2.75) is 51.2 Å². The SMILES string of the molecule is CC(C(=O)O)N(C)C(=O)N1CC2CCCCN2CC1C. The van der Waals surface area contributed by atoms with Crippen LogP contribution >= 0.6 is 0 Å². The summed E-state index contributed by atoms with van der Waals surface area (Å²) >= 11 is 0. The highest BCUT2D eigenvalue weighted by Crippen LogP contribution is 2.24. The Labute approximate surface area is 120 Å². The van der Waals surface area contributed by atoms with Crippen LogP contribution in [0.1, 0.15) is 33.1 Å². The molecule has 2 aliphatic heterocycles. The minimum atomic E-state index is -0.968. The van der Waals surface area contributed by atoms with Gasteiger partial charge in [-0.25, -0.2) is 9.59 Å². The molecule has 0 aromatic rings. The first kappa shape index (κ1) is 15.1. The number of piperidine rings is 1. The van der Waals surface area contributed by atoms with E-state index in [1.165, 1.54) is 17.7 Å². The van der Waals surface area contributed by atoms with Crippen LogP contribution in [0.2, 0.25) is 0 Å². The number of nitrogens with zero attached hydrogens (tertiary/aromatic N) is 3. The zero-order valence-corrected chi connectivity index (χ0v) is 12.6. The molecule has 0 bridgehead atoms. The molecule has 2 fully saturated rings. The number of likely N-dealkylation sites (N-methyl/N-ethyl adjacent to an activating group) is 1. The standard InChI is InChI=1S/C14H25N3O3/c1-10-8-16-7-5-4-6-12(16)9-17(10)14(20)15(3)11(2)13(18)19/h10-12H,4-9H2,1-3H3,(H,18,19). The van der Waals surface area contributed by atoms with E-state index in [1.807, 2.05) is 11.8 Å². The van der Waals surface area contributed by atoms with E-state index in [0.29, 0.717) is 6.04 Å². The van der Waals surface area contributed by atoms with Gasteiger partial charge in [0.05, 0.1) is 0 Å². The molecule has 6 nitrogen and oxygen atoms in total. The molecule has 2 saturated heterocycles. The summed E-state index contributed by atoms with van der Waals surface area (Å²) in [5.41, 5.74) is 0. The number of carbonyl (C=O) groups excluding carboxylic acids is 1. The molecule has 3 unspecified atom stereocenters. The average molecular weight is 283 g/mol. The molecule has 6 heteroatoms. The van der Waals surface area contributed by atoms with Crippen LogP contribution in [0.25, 0.3) is 0 Å². The summed E-state index contributed by atoms with van der Waals surface area (Å²) in [5, 5.41) is 9.03. The fourth-order valence-electron chi connectivity index (χ4n) is 3.15. The molecule has 0 aliphatic carbocycles. The van der Waals surface area contributed by atoms with E-state index in [0.717, 1.165) is 26.1 Å². The van der Waals surface area contributed by atoms with Crippen molar-refractivity contribution in [1.29, 1.82) is 0 Å². The summed E-state index contributed by atoms with van der Waals surface area (Å²) in [6.07, 6.45) is 3.60. The van der Waals surface area contributed by atoms with Crippen molar-refractivity contribution in [2.24, 2.45) is 0 Å². The summed E-state index contributed by atoms with van der Waals surface area (Å²) in [4.78, 5) is 29.2. The second kappa shape index (κ2) is 5.99. The average Bonchev–Trinajstić information content (AvgIpc) is 2.44. The Hall–Kier alpha value is -1.30. The smallest absolute Gasteiger partial charge is 0.326 e. The summed E-state index contributed by atoms with van der Waals surface area (Å²) < 4.78 is 0. The van der Waals surface area contributed by atoms with Gasteiger partial charge in [-0.15, -0.1) is 0 Å². The number of amides is 2. The molecular weight excluding hydrogens is 258 g/mol. The van der Waals surface area contributed by atoms with Crippen LogP contribution in [0, 0.1) is 0 Å². The van der Waals surface area contributed by atoms with Crippen molar-refractivity contribution in [3.05, 3.63) is 0 Å². The van der Waals surface area contributed by atoms with E-state index in [4.69, 9.17) is 5.11 Å². The van der Waals surface area contributed by atoms with Gasteiger partial charge in [0.1, 0.15) is 6.04 Å². The number of rotatable bonds is 2. The molecule has 0 radical (unpaired) electrons. The highest BCUT2D eigenvalue weighted by molar-refractivity contribution is 5.82. The Morgan fingerprint density at radius 3 is 2.65 bits per heavy atom. The van der Waals surface area contributed by atoms with Crippen LogP contribution in [0.3, 0.4) is 0 Å². The molecule has 114 valence electrons. The Balaban J connectivity index is 2.03. The highest BCUT2D eigenvalue weighted by Gasteiger charge is 2.37. The van der Waals surface area contributed by atoms with E-state index in [2.05, 4.69) is 4.90 Å².